The van der Waals surface area contributed by atoms with E-state index in [2.05, 4.69) is 0 Å². The van der Waals surface area contributed by atoms with Crippen LogP contribution in [0.15, 0.2) is 0 Å². The molecule has 16 heavy (non-hydrogen) atoms. The van der Waals surface area contributed by atoms with Crippen molar-refractivity contribution in [2.45, 2.75) is 32.5 Å². The number of nitrogens with two attached hydrogens (primary N) is 1. The zero-order valence-corrected chi connectivity index (χ0v) is 9.89. The third-order valence-electron chi connectivity index (χ3n) is 2.07. The Kier molecular flexibility index (Phi) is 7.70. The molecule has 0 aromatic heterocycles. The van der Waals surface area contributed by atoms with Crippen molar-refractivity contribution in [3.63, 3.8) is 0 Å². The zero-order chi connectivity index (χ0) is 12.6. The molecular formula is C10H21F3N2O. The van der Waals surface area contributed by atoms with Crippen LogP contribution in [0, 0.1) is 0 Å². The topological polar surface area (TPSA) is 38.5 Å². The van der Waals surface area contributed by atoms with Gasteiger partial charge in [0.2, 0.25) is 0 Å². The van der Waals surface area contributed by atoms with Gasteiger partial charge in [-0.25, -0.2) is 0 Å². The number of alkyl halides is 3. The van der Waals surface area contributed by atoms with Crippen LogP contribution in [0.2, 0.25) is 0 Å². The molecule has 0 rings (SSSR count). The van der Waals surface area contributed by atoms with E-state index in [0.29, 0.717) is 19.6 Å². The molecule has 0 amide bonds. The lowest BCUT2D eigenvalue weighted by Crippen LogP contribution is -2.43. The molecule has 2 N–H and O–H groups in total. The highest BCUT2D eigenvalue weighted by Crippen LogP contribution is 2.17. The van der Waals surface area contributed by atoms with E-state index in [1.54, 1.807) is 6.92 Å². The van der Waals surface area contributed by atoms with Gasteiger partial charge in [0, 0.05) is 19.7 Å². The Morgan fingerprint density at radius 1 is 1.31 bits per heavy atom. The Morgan fingerprint density at radius 3 is 2.31 bits per heavy atom. The van der Waals surface area contributed by atoms with Crippen LogP contribution in [0.1, 0.15) is 20.3 Å². The summed E-state index contributed by atoms with van der Waals surface area (Å²) in [5.41, 5.74) is 5.43. The number of hydrogen-bond acceptors (Lipinski definition) is 3. The smallest absolute Gasteiger partial charge is 0.376 e. The Bertz CT molecular complexity index is 176. The van der Waals surface area contributed by atoms with E-state index < -0.39 is 12.7 Å². The molecule has 98 valence electrons. The minimum absolute atomic E-state index is 0.234. The van der Waals surface area contributed by atoms with Crippen molar-refractivity contribution in [1.29, 1.82) is 0 Å². The van der Waals surface area contributed by atoms with Gasteiger partial charge in [0.05, 0.1) is 12.6 Å². The molecule has 0 radical (unpaired) electrons. The Labute approximate surface area is 94.7 Å². The second kappa shape index (κ2) is 7.86. The SMILES string of the molecule is CCCN(CC(CN)OCC)CC(F)(F)F. The molecule has 0 heterocycles. The number of ether oxygens (including phenoxy) is 1. The molecular weight excluding hydrogens is 221 g/mol. The molecule has 6 heteroatoms. The Morgan fingerprint density at radius 2 is 1.94 bits per heavy atom. The first-order valence-corrected chi connectivity index (χ1v) is 5.53. The summed E-state index contributed by atoms with van der Waals surface area (Å²) in [5, 5.41) is 0. The van der Waals surface area contributed by atoms with Gasteiger partial charge in [-0.05, 0) is 19.9 Å². The van der Waals surface area contributed by atoms with E-state index in [-0.39, 0.29) is 19.2 Å². The van der Waals surface area contributed by atoms with Crippen LogP contribution in [-0.2, 0) is 4.74 Å². The van der Waals surface area contributed by atoms with Crippen LogP contribution < -0.4 is 5.73 Å². The maximum atomic E-state index is 12.3. The van der Waals surface area contributed by atoms with Gasteiger partial charge >= 0.3 is 6.18 Å². The predicted octanol–water partition coefficient (Wildman–Crippen LogP) is 1.62. The first kappa shape index (κ1) is 15.7. The molecule has 0 aliphatic heterocycles. The lowest BCUT2D eigenvalue weighted by atomic mass is 10.3. The number of nitrogens with zero attached hydrogens (tertiary/aromatic N) is 1. The van der Waals surface area contributed by atoms with E-state index in [1.165, 1.54) is 4.90 Å². The summed E-state index contributed by atoms with van der Waals surface area (Å²) in [6, 6.07) is 0. The fourth-order valence-electron chi connectivity index (χ4n) is 1.52. The molecule has 0 bridgehead atoms. The molecule has 0 aliphatic carbocycles. The quantitative estimate of drug-likeness (QED) is 0.703. The van der Waals surface area contributed by atoms with E-state index in [0.717, 1.165) is 0 Å². The molecule has 0 saturated carbocycles. The molecule has 0 spiro atoms. The van der Waals surface area contributed by atoms with Crippen molar-refractivity contribution in [3.8, 4) is 0 Å². The van der Waals surface area contributed by atoms with Gasteiger partial charge < -0.3 is 10.5 Å². The van der Waals surface area contributed by atoms with Gasteiger partial charge in [-0.3, -0.25) is 4.90 Å². The average Bonchev–Trinajstić information content (AvgIpc) is 2.15. The maximum absolute atomic E-state index is 12.3. The summed E-state index contributed by atoms with van der Waals surface area (Å²) in [7, 11) is 0. The van der Waals surface area contributed by atoms with E-state index >= 15 is 0 Å². The highest BCUT2D eigenvalue weighted by molar-refractivity contribution is 4.69. The summed E-state index contributed by atoms with van der Waals surface area (Å²) in [6.45, 7) is 4.10. The fourth-order valence-corrected chi connectivity index (χ4v) is 1.52. The third kappa shape index (κ3) is 7.90. The highest BCUT2D eigenvalue weighted by atomic mass is 19.4. The first-order chi connectivity index (χ1) is 7.42. The maximum Gasteiger partial charge on any atom is 0.401 e. The summed E-state index contributed by atoms with van der Waals surface area (Å²) < 4.78 is 42.0. The largest absolute Gasteiger partial charge is 0.401 e. The van der Waals surface area contributed by atoms with Crippen molar-refractivity contribution < 1.29 is 17.9 Å². The molecule has 1 unspecified atom stereocenters. The number of halogens is 3. The standard InChI is InChI=1S/C10H21F3N2O/c1-3-5-15(8-10(11,12)13)7-9(6-14)16-4-2/h9H,3-8,14H2,1-2H3. The van der Waals surface area contributed by atoms with Crippen molar-refractivity contribution in [2.24, 2.45) is 5.73 Å². The van der Waals surface area contributed by atoms with Crippen LogP contribution in [0.25, 0.3) is 0 Å². The number of rotatable bonds is 8. The lowest BCUT2D eigenvalue weighted by Gasteiger charge is -2.27. The monoisotopic (exact) mass is 242 g/mol. The van der Waals surface area contributed by atoms with Gasteiger partial charge in [-0.2, -0.15) is 13.2 Å². The second-order valence-electron chi connectivity index (χ2n) is 3.66. The lowest BCUT2D eigenvalue weighted by molar-refractivity contribution is -0.149. The van der Waals surface area contributed by atoms with Crippen LogP contribution in [-0.4, -0.2) is 50.0 Å². The molecule has 0 aromatic rings. The molecule has 1 atom stereocenters. The number of hydrogen-bond donors (Lipinski definition) is 1. The minimum Gasteiger partial charge on any atom is -0.376 e. The Hall–Kier alpha value is -0.330. The molecule has 0 fully saturated rings. The normalized spacial score (nSPS) is 14.4. The minimum atomic E-state index is -4.17. The molecule has 0 saturated heterocycles. The second-order valence-corrected chi connectivity index (χ2v) is 3.66. The molecule has 0 aliphatic rings. The fraction of sp³-hybridized carbons (Fsp3) is 1.00. The summed E-state index contributed by atoms with van der Waals surface area (Å²) in [4.78, 5) is 1.34. The predicted molar refractivity (Wildman–Crippen MR) is 57.3 cm³/mol. The van der Waals surface area contributed by atoms with Crippen molar-refractivity contribution in [1.82, 2.24) is 4.90 Å². The van der Waals surface area contributed by atoms with Gasteiger partial charge in [0.25, 0.3) is 0 Å². The summed E-state index contributed by atoms with van der Waals surface area (Å²) >= 11 is 0. The average molecular weight is 242 g/mol. The van der Waals surface area contributed by atoms with Crippen LogP contribution in [0.4, 0.5) is 13.2 Å². The van der Waals surface area contributed by atoms with Gasteiger partial charge in [-0.1, -0.05) is 6.92 Å². The zero-order valence-electron chi connectivity index (χ0n) is 9.89. The van der Waals surface area contributed by atoms with Crippen molar-refractivity contribution in [2.75, 3.05) is 32.8 Å². The van der Waals surface area contributed by atoms with E-state index in [1.807, 2.05) is 6.92 Å². The van der Waals surface area contributed by atoms with Crippen LogP contribution >= 0.6 is 0 Å². The highest BCUT2D eigenvalue weighted by Gasteiger charge is 2.31. The van der Waals surface area contributed by atoms with E-state index in [4.69, 9.17) is 10.5 Å². The first-order valence-electron chi connectivity index (χ1n) is 5.53. The van der Waals surface area contributed by atoms with Gasteiger partial charge in [0.1, 0.15) is 0 Å². The van der Waals surface area contributed by atoms with Gasteiger partial charge in [-0.15, -0.1) is 0 Å². The van der Waals surface area contributed by atoms with Crippen LogP contribution in [0.3, 0.4) is 0 Å². The summed E-state index contributed by atoms with van der Waals surface area (Å²) in [5.74, 6) is 0. The van der Waals surface area contributed by atoms with E-state index in [9.17, 15) is 13.2 Å². The summed E-state index contributed by atoms with van der Waals surface area (Å²) in [6.07, 6.45) is -3.81. The van der Waals surface area contributed by atoms with Crippen LogP contribution in [0.5, 0.6) is 0 Å². The molecule has 0 aromatic carbocycles. The van der Waals surface area contributed by atoms with Crippen molar-refractivity contribution >= 4 is 0 Å². The van der Waals surface area contributed by atoms with Gasteiger partial charge in [0.15, 0.2) is 0 Å². The third-order valence-corrected chi connectivity index (χ3v) is 2.07. The van der Waals surface area contributed by atoms with Crippen molar-refractivity contribution in [3.05, 3.63) is 0 Å². The molecule has 3 nitrogen and oxygen atoms in total. The Balaban J connectivity index is 4.19.